The van der Waals surface area contributed by atoms with Crippen LogP contribution < -0.4 is 10.6 Å². The van der Waals surface area contributed by atoms with Crippen LogP contribution in [0.25, 0.3) is 0 Å². The smallest absolute Gasteiger partial charge is 0.289 e. The Morgan fingerprint density at radius 2 is 1.79 bits per heavy atom. The van der Waals surface area contributed by atoms with Crippen molar-refractivity contribution in [3.63, 3.8) is 0 Å². The van der Waals surface area contributed by atoms with Gasteiger partial charge in [0.1, 0.15) is 5.25 Å². The highest BCUT2D eigenvalue weighted by atomic mass is 32.2. The zero-order chi connectivity index (χ0) is 17.7. The van der Waals surface area contributed by atoms with Gasteiger partial charge in [-0.2, -0.15) is 0 Å². The van der Waals surface area contributed by atoms with Crippen molar-refractivity contribution in [3.05, 3.63) is 36.9 Å². The number of rotatable bonds is 6. The maximum atomic E-state index is 12.1. The first kappa shape index (κ1) is 17.7. The highest BCUT2D eigenvalue weighted by Gasteiger charge is 2.39. The van der Waals surface area contributed by atoms with Crippen LogP contribution in [0, 0.1) is 0 Å². The lowest BCUT2D eigenvalue weighted by Crippen LogP contribution is -2.33. The second-order valence-corrected chi connectivity index (χ2v) is 6.27. The van der Waals surface area contributed by atoms with Crippen molar-refractivity contribution in [3.8, 4) is 0 Å². The number of amides is 4. The van der Waals surface area contributed by atoms with Gasteiger partial charge in [0.25, 0.3) is 5.24 Å². The van der Waals surface area contributed by atoms with E-state index in [-0.39, 0.29) is 35.9 Å². The highest BCUT2D eigenvalue weighted by Crippen LogP contribution is 2.29. The van der Waals surface area contributed by atoms with Crippen LogP contribution in [-0.2, 0) is 14.4 Å². The van der Waals surface area contributed by atoms with Gasteiger partial charge < -0.3 is 10.6 Å². The van der Waals surface area contributed by atoms with Gasteiger partial charge in [0, 0.05) is 31.3 Å². The molecule has 4 amide bonds. The molecule has 1 aromatic carbocycles. The van der Waals surface area contributed by atoms with E-state index in [9.17, 15) is 19.2 Å². The average molecular weight is 347 g/mol. The largest absolute Gasteiger partial charge is 0.326 e. The minimum atomic E-state index is -0.712. The summed E-state index contributed by atoms with van der Waals surface area (Å²) in [5, 5.41) is 4.21. The van der Waals surface area contributed by atoms with Crippen molar-refractivity contribution < 1.29 is 19.2 Å². The van der Waals surface area contributed by atoms with Crippen LogP contribution in [-0.4, -0.2) is 39.7 Å². The number of carbonyl (C=O) groups is 4. The molecule has 1 atom stereocenters. The molecule has 0 aromatic heterocycles. The van der Waals surface area contributed by atoms with Crippen LogP contribution >= 0.6 is 11.8 Å². The van der Waals surface area contributed by atoms with E-state index in [1.54, 1.807) is 24.3 Å². The third-order valence-corrected chi connectivity index (χ3v) is 4.25. The molecule has 126 valence electrons. The van der Waals surface area contributed by atoms with Crippen LogP contribution in [0.1, 0.15) is 13.3 Å². The molecule has 1 aliphatic rings. The van der Waals surface area contributed by atoms with Gasteiger partial charge in [-0.1, -0.05) is 17.8 Å². The fourth-order valence-corrected chi connectivity index (χ4v) is 3.14. The van der Waals surface area contributed by atoms with Crippen LogP contribution in [0.5, 0.6) is 0 Å². The van der Waals surface area contributed by atoms with E-state index in [0.29, 0.717) is 11.4 Å². The van der Waals surface area contributed by atoms with Crippen molar-refractivity contribution in [2.24, 2.45) is 0 Å². The molecule has 1 unspecified atom stereocenters. The predicted octanol–water partition coefficient (Wildman–Crippen LogP) is 2.22. The van der Waals surface area contributed by atoms with Gasteiger partial charge in [-0.15, -0.1) is 6.58 Å². The van der Waals surface area contributed by atoms with Crippen molar-refractivity contribution in [2.45, 2.75) is 18.6 Å². The third-order valence-electron chi connectivity index (χ3n) is 3.18. The number of thioether (sulfide) groups is 1. The molecule has 1 aromatic rings. The van der Waals surface area contributed by atoms with Gasteiger partial charge in [0.2, 0.25) is 17.7 Å². The molecule has 1 fully saturated rings. The van der Waals surface area contributed by atoms with E-state index in [1.807, 2.05) is 0 Å². The van der Waals surface area contributed by atoms with Crippen LogP contribution in [0.4, 0.5) is 16.2 Å². The minimum Gasteiger partial charge on any atom is -0.326 e. The summed E-state index contributed by atoms with van der Waals surface area (Å²) >= 11 is 0.851. The Morgan fingerprint density at radius 3 is 2.33 bits per heavy atom. The SMILES string of the molecule is C=CCN1C(=O)SC(CC(=O)Nc2ccc(NC(C)=O)cc2)C1=O. The van der Waals surface area contributed by atoms with E-state index < -0.39 is 5.25 Å². The molecule has 0 aliphatic carbocycles. The molecule has 1 saturated heterocycles. The second kappa shape index (κ2) is 7.78. The Morgan fingerprint density at radius 1 is 1.21 bits per heavy atom. The molecule has 0 bridgehead atoms. The number of hydrogen-bond acceptors (Lipinski definition) is 5. The molecule has 7 nitrogen and oxygen atoms in total. The summed E-state index contributed by atoms with van der Waals surface area (Å²) < 4.78 is 0. The maximum Gasteiger partial charge on any atom is 0.289 e. The molecule has 1 heterocycles. The number of anilines is 2. The van der Waals surface area contributed by atoms with E-state index in [0.717, 1.165) is 16.7 Å². The van der Waals surface area contributed by atoms with Gasteiger partial charge in [-0.05, 0) is 24.3 Å². The molecule has 0 radical (unpaired) electrons. The summed E-state index contributed by atoms with van der Waals surface area (Å²) in [4.78, 5) is 47.8. The number of carbonyl (C=O) groups excluding carboxylic acids is 4. The molecule has 0 saturated carbocycles. The zero-order valence-electron chi connectivity index (χ0n) is 13.1. The Hall–Kier alpha value is -2.61. The number of nitrogens with one attached hydrogen (secondary N) is 2. The molecule has 1 aliphatic heterocycles. The normalized spacial score (nSPS) is 16.9. The summed E-state index contributed by atoms with van der Waals surface area (Å²) in [6.45, 7) is 5.05. The van der Waals surface area contributed by atoms with E-state index in [1.165, 1.54) is 13.0 Å². The molecular weight excluding hydrogens is 330 g/mol. The van der Waals surface area contributed by atoms with E-state index in [4.69, 9.17) is 0 Å². The van der Waals surface area contributed by atoms with Crippen LogP contribution in [0.3, 0.4) is 0 Å². The Kier molecular flexibility index (Phi) is 5.75. The van der Waals surface area contributed by atoms with Crippen LogP contribution in [0.15, 0.2) is 36.9 Å². The van der Waals surface area contributed by atoms with Gasteiger partial charge in [-0.25, -0.2) is 0 Å². The van der Waals surface area contributed by atoms with E-state index >= 15 is 0 Å². The first-order valence-electron chi connectivity index (χ1n) is 7.21. The maximum absolute atomic E-state index is 12.1. The highest BCUT2D eigenvalue weighted by molar-refractivity contribution is 8.15. The topological polar surface area (TPSA) is 95.6 Å². The van der Waals surface area contributed by atoms with E-state index in [2.05, 4.69) is 17.2 Å². The first-order valence-corrected chi connectivity index (χ1v) is 8.09. The summed E-state index contributed by atoms with van der Waals surface area (Å²) in [6.07, 6.45) is 1.38. The molecule has 24 heavy (non-hydrogen) atoms. The Balaban J connectivity index is 1.91. The zero-order valence-corrected chi connectivity index (χ0v) is 13.9. The number of nitrogens with zero attached hydrogens (tertiary/aromatic N) is 1. The molecule has 8 heteroatoms. The minimum absolute atomic E-state index is 0.0870. The van der Waals surface area contributed by atoms with Crippen molar-refractivity contribution in [1.82, 2.24) is 4.90 Å². The number of benzene rings is 1. The fourth-order valence-electron chi connectivity index (χ4n) is 2.14. The average Bonchev–Trinajstić information content (AvgIpc) is 2.76. The lowest BCUT2D eigenvalue weighted by Gasteiger charge is -2.11. The van der Waals surface area contributed by atoms with Gasteiger partial charge in [-0.3, -0.25) is 24.1 Å². The Bertz CT molecular complexity index is 687. The second-order valence-electron chi connectivity index (χ2n) is 5.12. The van der Waals surface area contributed by atoms with Gasteiger partial charge >= 0.3 is 0 Å². The molecule has 2 N–H and O–H groups in total. The monoisotopic (exact) mass is 347 g/mol. The summed E-state index contributed by atoms with van der Waals surface area (Å²) in [7, 11) is 0. The summed E-state index contributed by atoms with van der Waals surface area (Å²) in [5.74, 6) is -0.917. The standard InChI is InChI=1S/C16H17N3O4S/c1-3-8-19-15(22)13(24-16(19)23)9-14(21)18-12-6-4-11(5-7-12)17-10(2)20/h3-7,13H,1,8-9H2,2H3,(H,17,20)(H,18,21). The predicted molar refractivity (Wildman–Crippen MR) is 92.7 cm³/mol. The summed E-state index contributed by atoms with van der Waals surface area (Å²) in [5.41, 5.74) is 1.16. The van der Waals surface area contributed by atoms with Crippen molar-refractivity contribution >= 4 is 46.1 Å². The molecule has 2 rings (SSSR count). The molecular formula is C16H17N3O4S. The quantitative estimate of drug-likeness (QED) is 0.769. The first-order chi connectivity index (χ1) is 11.4. The number of hydrogen-bond donors (Lipinski definition) is 2. The third kappa shape index (κ3) is 4.45. The number of imide groups is 1. The molecule has 0 spiro atoms. The van der Waals surface area contributed by atoms with Crippen molar-refractivity contribution in [2.75, 3.05) is 17.2 Å². The van der Waals surface area contributed by atoms with Gasteiger partial charge in [0.05, 0.1) is 0 Å². The van der Waals surface area contributed by atoms with Gasteiger partial charge in [0.15, 0.2) is 0 Å². The lowest BCUT2D eigenvalue weighted by molar-refractivity contribution is -0.128. The Labute approximate surface area is 143 Å². The fraction of sp³-hybridized carbons (Fsp3) is 0.250. The van der Waals surface area contributed by atoms with Crippen molar-refractivity contribution in [1.29, 1.82) is 0 Å². The lowest BCUT2D eigenvalue weighted by atomic mass is 10.2. The summed E-state index contributed by atoms with van der Waals surface area (Å²) in [6, 6.07) is 6.59. The van der Waals surface area contributed by atoms with Crippen LogP contribution in [0.2, 0.25) is 0 Å².